The number of esters is 2. The van der Waals surface area contributed by atoms with E-state index in [1.165, 1.54) is 0 Å². The first-order chi connectivity index (χ1) is 28.8. The molecule has 0 saturated carbocycles. The predicted molar refractivity (Wildman–Crippen MR) is 237 cm³/mol. The Morgan fingerprint density at radius 1 is 0.883 bits per heavy atom. The number of ether oxygens (including phenoxy) is 7. The van der Waals surface area contributed by atoms with Gasteiger partial charge in [-0.1, -0.05) is 76.1 Å². The summed E-state index contributed by atoms with van der Waals surface area (Å²) in [4.78, 5) is 28.3. The highest BCUT2D eigenvalue weighted by molar-refractivity contribution is 6.73. The SMILES string of the molecule is C/C=C/CCCCC[C@@H]1C=C2[C@@H](OCc3ccc(OC)cc3)[C@H](C3=C(CC24COC(C)(C)OC4)C(=O)OC3=O)[C@H]1C[C@@H](O[Si](CC)(CC)CC)C(CC/C=C/C)(OC)OC. The van der Waals surface area contributed by atoms with Crippen LogP contribution in [0.25, 0.3) is 0 Å². The van der Waals surface area contributed by atoms with Gasteiger partial charge in [-0.2, -0.15) is 0 Å². The van der Waals surface area contributed by atoms with Crippen LogP contribution < -0.4 is 4.74 Å². The van der Waals surface area contributed by atoms with Crippen LogP contribution in [0.3, 0.4) is 0 Å². The molecule has 5 rings (SSSR count). The Hall–Kier alpha value is -2.90. The largest absolute Gasteiger partial charge is 0.497 e. The van der Waals surface area contributed by atoms with E-state index in [2.05, 4.69) is 58.1 Å². The van der Waals surface area contributed by atoms with E-state index in [9.17, 15) is 9.59 Å². The number of carbonyl (C=O) groups excluding carboxylic acids is 2. The van der Waals surface area contributed by atoms with Gasteiger partial charge in [0.2, 0.25) is 0 Å². The second-order valence-corrected chi connectivity index (χ2v) is 22.4. The summed E-state index contributed by atoms with van der Waals surface area (Å²) >= 11 is 0. The van der Waals surface area contributed by atoms with E-state index in [4.69, 9.17) is 37.6 Å². The number of fused-ring (bicyclic) bond motifs is 4. The number of hydrogen-bond acceptors (Lipinski definition) is 10. The average Bonchev–Trinajstić information content (AvgIpc) is 3.49. The van der Waals surface area contributed by atoms with Gasteiger partial charge in [-0.15, -0.1) is 0 Å². The Bertz CT molecular complexity index is 1680. The Morgan fingerprint density at radius 3 is 2.13 bits per heavy atom. The van der Waals surface area contributed by atoms with Crippen molar-refractivity contribution in [2.24, 2.45) is 23.2 Å². The van der Waals surface area contributed by atoms with E-state index in [0.717, 1.165) is 73.5 Å². The molecule has 2 aliphatic carbocycles. The molecule has 5 atom stereocenters. The van der Waals surface area contributed by atoms with Gasteiger partial charge in [-0.25, -0.2) is 9.59 Å². The topological polar surface area (TPSA) is 108 Å². The van der Waals surface area contributed by atoms with E-state index < -0.39 is 55.4 Å². The summed E-state index contributed by atoms with van der Waals surface area (Å²) in [5.74, 6) is -3.00. The van der Waals surface area contributed by atoms with Crippen molar-refractivity contribution in [3.63, 3.8) is 0 Å². The quantitative estimate of drug-likeness (QED) is 0.0264. The van der Waals surface area contributed by atoms with Crippen molar-refractivity contribution in [3.05, 3.63) is 76.9 Å². The standard InChI is InChI=1S/C49H74O10Si/c1-11-16-18-19-20-21-23-36-29-40-44(55-32-35-24-26-37(52-8)27-25-35)42(43-39(45(50)58-46(43)51)31-48(40)33-56-47(6,7)57-34-48)38(36)30-41(59-60(13-3,14-4)15-5)49(53-9,54-10)28-22-17-12-2/h11-12,16-17,24-27,29,36,38,41-42,44H,13-15,18-23,28,30-34H2,1-10H3/b16-11+,17-12+/t36-,38+,41-,42+,44-/m1/s1. The minimum absolute atomic E-state index is 0.00344. The molecular formula is C49H74O10Si. The minimum atomic E-state index is -2.28. The van der Waals surface area contributed by atoms with Gasteiger partial charge in [0.25, 0.3) is 0 Å². The van der Waals surface area contributed by atoms with E-state index in [0.29, 0.717) is 37.2 Å². The first-order valence-electron chi connectivity index (χ1n) is 22.6. The summed E-state index contributed by atoms with van der Waals surface area (Å²) < 4.78 is 51.7. The zero-order chi connectivity index (χ0) is 43.6. The zero-order valence-corrected chi connectivity index (χ0v) is 39.3. The molecule has 0 unspecified atom stereocenters. The molecule has 334 valence electrons. The third-order valence-electron chi connectivity index (χ3n) is 14.0. The average molecular weight is 851 g/mol. The summed E-state index contributed by atoms with van der Waals surface area (Å²) in [5.41, 5.74) is 2.08. The first kappa shape index (κ1) is 48.1. The molecule has 2 bridgehead atoms. The van der Waals surface area contributed by atoms with E-state index in [1.54, 1.807) is 21.3 Å². The van der Waals surface area contributed by atoms with Crippen molar-refractivity contribution in [3.8, 4) is 5.75 Å². The van der Waals surface area contributed by atoms with Gasteiger partial charge in [-0.3, -0.25) is 0 Å². The Labute approximate surface area is 361 Å². The molecule has 11 heteroatoms. The van der Waals surface area contributed by atoms with Crippen LogP contribution in [0.1, 0.15) is 112 Å². The van der Waals surface area contributed by atoms with Gasteiger partial charge in [0, 0.05) is 37.5 Å². The maximum atomic E-state index is 14.3. The summed E-state index contributed by atoms with van der Waals surface area (Å²) in [7, 11) is 2.82. The minimum Gasteiger partial charge on any atom is -0.497 e. The van der Waals surface area contributed by atoms with Crippen LogP contribution in [0.15, 0.2) is 71.4 Å². The number of hydrogen-bond donors (Lipinski definition) is 0. The normalized spacial score (nSPS) is 24.5. The second-order valence-electron chi connectivity index (χ2n) is 17.7. The molecule has 0 radical (unpaired) electrons. The maximum Gasteiger partial charge on any atom is 0.342 e. The molecular weight excluding hydrogens is 777 g/mol. The van der Waals surface area contributed by atoms with Crippen molar-refractivity contribution in [2.75, 3.05) is 34.5 Å². The molecule has 0 aromatic heterocycles. The van der Waals surface area contributed by atoms with E-state index >= 15 is 0 Å². The highest BCUT2D eigenvalue weighted by atomic mass is 28.4. The number of cyclic esters (lactones) is 2. The molecule has 0 N–H and O–H groups in total. The summed E-state index contributed by atoms with van der Waals surface area (Å²) in [6, 6.07) is 10.7. The molecule has 1 fully saturated rings. The van der Waals surface area contributed by atoms with Crippen LogP contribution in [-0.4, -0.2) is 78.6 Å². The van der Waals surface area contributed by atoms with Gasteiger partial charge in [0.15, 0.2) is 19.9 Å². The molecule has 2 aliphatic heterocycles. The van der Waals surface area contributed by atoms with Crippen LogP contribution in [0.5, 0.6) is 5.75 Å². The van der Waals surface area contributed by atoms with Gasteiger partial charge in [0.1, 0.15) is 5.75 Å². The van der Waals surface area contributed by atoms with Crippen LogP contribution in [0.4, 0.5) is 0 Å². The van der Waals surface area contributed by atoms with Crippen LogP contribution >= 0.6 is 0 Å². The van der Waals surface area contributed by atoms with E-state index in [-0.39, 0.29) is 24.9 Å². The number of unbranched alkanes of at least 4 members (excludes halogenated alkanes) is 3. The number of rotatable bonds is 23. The van der Waals surface area contributed by atoms with Crippen LogP contribution in [0.2, 0.25) is 18.1 Å². The molecule has 1 aromatic rings. The van der Waals surface area contributed by atoms with Crippen molar-refractivity contribution in [2.45, 2.75) is 155 Å². The number of methoxy groups -OCH3 is 3. The van der Waals surface area contributed by atoms with Crippen LogP contribution in [-0.2, 0) is 49.0 Å². The number of benzene rings is 1. The second kappa shape index (κ2) is 21.5. The molecule has 10 nitrogen and oxygen atoms in total. The zero-order valence-electron chi connectivity index (χ0n) is 38.3. The summed E-state index contributed by atoms with van der Waals surface area (Å²) in [6.45, 7) is 15.5. The van der Waals surface area contributed by atoms with Gasteiger partial charge in [0.05, 0.1) is 44.7 Å². The molecule has 4 aliphatic rings. The third kappa shape index (κ3) is 10.6. The first-order valence-corrected chi connectivity index (χ1v) is 25.1. The lowest BCUT2D eigenvalue weighted by Crippen LogP contribution is -2.56. The lowest BCUT2D eigenvalue weighted by Gasteiger charge is -2.51. The Kier molecular flexibility index (Phi) is 17.2. The van der Waals surface area contributed by atoms with Crippen molar-refractivity contribution in [1.82, 2.24) is 0 Å². The summed E-state index contributed by atoms with van der Waals surface area (Å²) in [5, 5.41) is 0. The van der Waals surface area contributed by atoms with Crippen molar-refractivity contribution < 1.29 is 47.2 Å². The highest BCUT2D eigenvalue weighted by Gasteiger charge is 2.60. The molecule has 2 heterocycles. The lowest BCUT2D eigenvalue weighted by atomic mass is 9.61. The van der Waals surface area contributed by atoms with Crippen molar-refractivity contribution >= 4 is 20.3 Å². The lowest BCUT2D eigenvalue weighted by molar-refractivity contribution is -0.280. The molecule has 1 spiro atoms. The number of allylic oxidation sites excluding steroid dienone is 5. The smallest absolute Gasteiger partial charge is 0.342 e. The van der Waals surface area contributed by atoms with Crippen molar-refractivity contribution in [1.29, 1.82) is 0 Å². The maximum absolute atomic E-state index is 14.3. The third-order valence-corrected chi connectivity index (χ3v) is 18.6. The summed E-state index contributed by atoms with van der Waals surface area (Å²) in [6.07, 6.45) is 17.1. The highest BCUT2D eigenvalue weighted by Crippen LogP contribution is 2.58. The van der Waals surface area contributed by atoms with Crippen LogP contribution in [0, 0.1) is 23.2 Å². The van der Waals surface area contributed by atoms with Gasteiger partial charge >= 0.3 is 11.9 Å². The molecule has 60 heavy (non-hydrogen) atoms. The fourth-order valence-corrected chi connectivity index (χ4v) is 12.9. The van der Waals surface area contributed by atoms with E-state index in [1.807, 2.05) is 45.0 Å². The van der Waals surface area contributed by atoms with Gasteiger partial charge in [-0.05, 0) is 119 Å². The fraction of sp³-hybridized carbons (Fsp3) is 0.673. The molecule has 1 aromatic carbocycles. The Balaban J connectivity index is 1.73. The Morgan fingerprint density at radius 2 is 1.53 bits per heavy atom. The fourth-order valence-electron chi connectivity index (χ4n) is 10.1. The number of carbonyl (C=O) groups is 2. The molecule has 1 saturated heterocycles. The monoisotopic (exact) mass is 851 g/mol. The molecule has 0 amide bonds. The van der Waals surface area contributed by atoms with Gasteiger partial charge < -0.3 is 37.6 Å². The predicted octanol–water partition coefficient (Wildman–Crippen LogP) is 10.6.